The summed E-state index contributed by atoms with van der Waals surface area (Å²) in [6, 6.07) is 0. The third-order valence-corrected chi connectivity index (χ3v) is 4.04. The minimum absolute atomic E-state index is 0.216. The van der Waals surface area contributed by atoms with Crippen LogP contribution in [0.15, 0.2) is 24.8 Å². The average Bonchev–Trinajstić information content (AvgIpc) is 3.18. The van der Waals surface area contributed by atoms with Crippen LogP contribution in [-0.2, 0) is 22.6 Å². The van der Waals surface area contributed by atoms with Gasteiger partial charge in [0, 0.05) is 70.9 Å². The molecule has 0 aromatic carbocycles. The van der Waals surface area contributed by atoms with Crippen molar-refractivity contribution in [3.63, 3.8) is 0 Å². The molecule has 1 saturated heterocycles. The normalized spacial score (nSPS) is 18.4. The van der Waals surface area contributed by atoms with Crippen LogP contribution < -0.4 is 0 Å². The fourth-order valence-electron chi connectivity index (χ4n) is 2.91. The summed E-state index contributed by atoms with van der Waals surface area (Å²) in [7, 11) is 3.54. The second-order valence-corrected chi connectivity index (χ2v) is 5.68. The van der Waals surface area contributed by atoms with Crippen LogP contribution >= 0.6 is 0 Å². The van der Waals surface area contributed by atoms with E-state index in [1.54, 1.807) is 24.4 Å². The molecule has 3 rings (SSSR count). The lowest BCUT2D eigenvalue weighted by Crippen LogP contribution is -2.20. The van der Waals surface area contributed by atoms with Gasteiger partial charge in [-0.1, -0.05) is 0 Å². The Morgan fingerprint density at radius 2 is 1.91 bits per heavy atom. The van der Waals surface area contributed by atoms with E-state index in [1.807, 2.05) is 24.0 Å². The largest absolute Gasteiger partial charge is 0.383 e. The SMILES string of the molecule is COCCn1ccnc1-c1nccn1CC1CC(=O)N(C)C1. The van der Waals surface area contributed by atoms with Gasteiger partial charge in [0.15, 0.2) is 11.6 Å². The first kappa shape index (κ1) is 14.8. The molecule has 0 bridgehead atoms. The van der Waals surface area contributed by atoms with Crippen LogP contribution in [0.1, 0.15) is 6.42 Å². The predicted octanol–water partition coefficient (Wildman–Crippen LogP) is 0.871. The molecule has 0 spiro atoms. The Bertz CT molecular complexity index is 648. The molecule has 0 N–H and O–H groups in total. The fraction of sp³-hybridized carbons (Fsp3) is 0.533. The van der Waals surface area contributed by atoms with Gasteiger partial charge < -0.3 is 18.8 Å². The van der Waals surface area contributed by atoms with Crippen LogP contribution in [0.3, 0.4) is 0 Å². The molecule has 7 nitrogen and oxygen atoms in total. The molecule has 118 valence electrons. The highest BCUT2D eigenvalue weighted by Crippen LogP contribution is 2.22. The van der Waals surface area contributed by atoms with E-state index < -0.39 is 0 Å². The Morgan fingerprint density at radius 1 is 1.23 bits per heavy atom. The lowest BCUT2D eigenvalue weighted by molar-refractivity contribution is -0.126. The number of amides is 1. The molecule has 0 aliphatic carbocycles. The summed E-state index contributed by atoms with van der Waals surface area (Å²) in [5.41, 5.74) is 0. The van der Waals surface area contributed by atoms with Crippen molar-refractivity contribution in [3.8, 4) is 11.6 Å². The van der Waals surface area contributed by atoms with Crippen molar-refractivity contribution in [2.45, 2.75) is 19.5 Å². The van der Waals surface area contributed by atoms with Gasteiger partial charge in [-0.05, 0) is 0 Å². The Morgan fingerprint density at radius 3 is 2.55 bits per heavy atom. The number of likely N-dealkylation sites (tertiary alicyclic amines) is 1. The molecular weight excluding hydrogens is 282 g/mol. The molecule has 1 atom stereocenters. The van der Waals surface area contributed by atoms with Crippen LogP contribution in [0.5, 0.6) is 0 Å². The first-order valence-electron chi connectivity index (χ1n) is 7.44. The Balaban J connectivity index is 1.78. The summed E-state index contributed by atoms with van der Waals surface area (Å²) in [6.07, 6.45) is 8.04. The van der Waals surface area contributed by atoms with Gasteiger partial charge in [-0.15, -0.1) is 0 Å². The highest BCUT2D eigenvalue weighted by atomic mass is 16.5. The molecule has 1 fully saturated rings. The lowest BCUT2D eigenvalue weighted by atomic mass is 10.1. The topological polar surface area (TPSA) is 65.2 Å². The summed E-state index contributed by atoms with van der Waals surface area (Å²) in [4.78, 5) is 22.3. The van der Waals surface area contributed by atoms with Gasteiger partial charge in [0.2, 0.25) is 5.91 Å². The lowest BCUT2D eigenvalue weighted by Gasteiger charge is -2.14. The van der Waals surface area contributed by atoms with Gasteiger partial charge in [-0.3, -0.25) is 4.79 Å². The molecule has 2 aromatic rings. The molecule has 0 radical (unpaired) electrons. The number of nitrogens with zero attached hydrogens (tertiary/aromatic N) is 5. The van der Waals surface area contributed by atoms with Crippen molar-refractivity contribution in [2.75, 3.05) is 27.3 Å². The van der Waals surface area contributed by atoms with Crippen molar-refractivity contribution >= 4 is 5.91 Å². The molecule has 1 aliphatic rings. The highest BCUT2D eigenvalue weighted by Gasteiger charge is 2.27. The number of hydrogen-bond acceptors (Lipinski definition) is 4. The number of carbonyl (C=O) groups excluding carboxylic acids is 1. The Labute approximate surface area is 129 Å². The first-order chi connectivity index (χ1) is 10.7. The van der Waals surface area contributed by atoms with Gasteiger partial charge in [-0.2, -0.15) is 0 Å². The van der Waals surface area contributed by atoms with E-state index in [0.29, 0.717) is 18.9 Å². The smallest absolute Gasteiger partial charge is 0.222 e. The van der Waals surface area contributed by atoms with E-state index in [4.69, 9.17) is 4.74 Å². The molecule has 1 unspecified atom stereocenters. The average molecular weight is 303 g/mol. The molecule has 2 aromatic heterocycles. The van der Waals surface area contributed by atoms with Crippen molar-refractivity contribution in [1.82, 2.24) is 24.0 Å². The summed E-state index contributed by atoms with van der Waals surface area (Å²) in [6.45, 7) is 2.95. The van der Waals surface area contributed by atoms with E-state index in [0.717, 1.165) is 31.3 Å². The summed E-state index contributed by atoms with van der Waals surface area (Å²) >= 11 is 0. The third kappa shape index (κ3) is 2.89. The van der Waals surface area contributed by atoms with Gasteiger partial charge in [0.1, 0.15) is 0 Å². The summed E-state index contributed by atoms with van der Waals surface area (Å²) in [5, 5.41) is 0. The second-order valence-electron chi connectivity index (χ2n) is 5.68. The number of methoxy groups -OCH3 is 1. The van der Waals surface area contributed by atoms with E-state index in [1.165, 1.54) is 0 Å². The first-order valence-corrected chi connectivity index (χ1v) is 7.44. The number of carbonyl (C=O) groups is 1. The van der Waals surface area contributed by atoms with Crippen LogP contribution in [-0.4, -0.2) is 57.2 Å². The number of hydrogen-bond donors (Lipinski definition) is 0. The maximum atomic E-state index is 11.7. The maximum absolute atomic E-state index is 11.7. The van der Waals surface area contributed by atoms with Crippen LogP contribution in [0.2, 0.25) is 0 Å². The van der Waals surface area contributed by atoms with Crippen molar-refractivity contribution in [3.05, 3.63) is 24.8 Å². The quantitative estimate of drug-likeness (QED) is 0.794. The van der Waals surface area contributed by atoms with Gasteiger partial charge in [-0.25, -0.2) is 9.97 Å². The van der Waals surface area contributed by atoms with Crippen LogP contribution in [0.25, 0.3) is 11.6 Å². The van der Waals surface area contributed by atoms with E-state index in [-0.39, 0.29) is 5.91 Å². The number of rotatable bonds is 6. The predicted molar refractivity (Wildman–Crippen MR) is 81.1 cm³/mol. The zero-order valence-electron chi connectivity index (χ0n) is 13.0. The molecular formula is C15H21N5O2. The highest BCUT2D eigenvalue weighted by molar-refractivity contribution is 5.78. The van der Waals surface area contributed by atoms with Gasteiger partial charge in [0.25, 0.3) is 0 Å². The zero-order chi connectivity index (χ0) is 15.5. The summed E-state index contributed by atoms with van der Waals surface area (Å²) < 4.78 is 9.25. The number of imidazole rings is 2. The van der Waals surface area contributed by atoms with Crippen molar-refractivity contribution < 1.29 is 9.53 Å². The van der Waals surface area contributed by atoms with E-state index >= 15 is 0 Å². The van der Waals surface area contributed by atoms with Crippen molar-refractivity contribution in [1.29, 1.82) is 0 Å². The van der Waals surface area contributed by atoms with Gasteiger partial charge in [0.05, 0.1) is 6.61 Å². The van der Waals surface area contributed by atoms with Crippen LogP contribution in [0, 0.1) is 5.92 Å². The van der Waals surface area contributed by atoms with E-state index in [2.05, 4.69) is 14.5 Å². The monoisotopic (exact) mass is 303 g/mol. The molecule has 22 heavy (non-hydrogen) atoms. The van der Waals surface area contributed by atoms with Crippen molar-refractivity contribution in [2.24, 2.45) is 5.92 Å². The van der Waals surface area contributed by atoms with Crippen LogP contribution in [0.4, 0.5) is 0 Å². The molecule has 7 heteroatoms. The molecule has 1 aliphatic heterocycles. The maximum Gasteiger partial charge on any atom is 0.222 e. The third-order valence-electron chi connectivity index (χ3n) is 4.04. The standard InChI is InChI=1S/C15H21N5O2/c1-18-10-12(9-13(18)21)11-20-6-4-17-15(20)14-16-3-5-19(14)7-8-22-2/h3-6,12H,7-11H2,1-2H3. The second kappa shape index (κ2) is 6.31. The number of ether oxygens (including phenoxy) is 1. The molecule has 3 heterocycles. The Hall–Kier alpha value is -2.15. The minimum Gasteiger partial charge on any atom is -0.383 e. The van der Waals surface area contributed by atoms with Gasteiger partial charge >= 0.3 is 0 Å². The van der Waals surface area contributed by atoms with E-state index in [9.17, 15) is 4.79 Å². The number of aromatic nitrogens is 4. The minimum atomic E-state index is 0.216. The zero-order valence-corrected chi connectivity index (χ0v) is 13.0. The Kier molecular flexibility index (Phi) is 4.24. The fourth-order valence-corrected chi connectivity index (χ4v) is 2.91. The summed E-state index contributed by atoms with van der Waals surface area (Å²) in [5.74, 6) is 2.21. The molecule has 0 saturated carbocycles. The molecule has 1 amide bonds.